The Balaban J connectivity index is 2.18. The van der Waals surface area contributed by atoms with Crippen LogP contribution in [-0.4, -0.2) is 26.3 Å². The van der Waals surface area contributed by atoms with Gasteiger partial charge in [-0.15, -0.1) is 0 Å². The third kappa shape index (κ3) is 3.01. The van der Waals surface area contributed by atoms with Crippen LogP contribution in [0.25, 0.3) is 0 Å². The van der Waals surface area contributed by atoms with Crippen LogP contribution in [0.5, 0.6) is 0 Å². The first kappa shape index (κ1) is 13.3. The number of aryl methyl sites for hydroxylation is 2. The molecule has 0 saturated heterocycles. The van der Waals surface area contributed by atoms with Crippen LogP contribution in [0.4, 0.5) is 11.6 Å². The normalized spacial score (nSPS) is 10.5. The molecule has 6 heteroatoms. The predicted molar refractivity (Wildman–Crippen MR) is 76.2 cm³/mol. The van der Waals surface area contributed by atoms with Crippen LogP contribution in [0.2, 0.25) is 0 Å². The molecule has 2 aromatic rings. The molecule has 2 aromatic heterocycles. The molecule has 0 aliphatic rings. The molecule has 0 saturated carbocycles. The lowest BCUT2D eigenvalue weighted by Crippen LogP contribution is -2.11. The van der Waals surface area contributed by atoms with E-state index in [1.807, 2.05) is 31.6 Å². The molecule has 0 bridgehead atoms. The summed E-state index contributed by atoms with van der Waals surface area (Å²) < 4.78 is 1.85. The van der Waals surface area contributed by atoms with Crippen molar-refractivity contribution in [3.63, 3.8) is 0 Å². The first-order chi connectivity index (χ1) is 9.11. The molecule has 2 rings (SSSR count). The Kier molecular flexibility index (Phi) is 3.99. The number of nitrogens with one attached hydrogen (secondary N) is 2. The molecule has 0 aromatic carbocycles. The van der Waals surface area contributed by atoms with Gasteiger partial charge in [0.05, 0.1) is 12.2 Å². The van der Waals surface area contributed by atoms with E-state index < -0.39 is 0 Å². The number of hydrogen-bond acceptors (Lipinski definition) is 5. The molecular weight excluding hydrogens is 240 g/mol. The number of anilines is 2. The van der Waals surface area contributed by atoms with Gasteiger partial charge in [-0.05, 0) is 26.8 Å². The van der Waals surface area contributed by atoms with E-state index >= 15 is 0 Å². The molecule has 102 valence electrons. The Morgan fingerprint density at radius 2 is 1.84 bits per heavy atom. The van der Waals surface area contributed by atoms with Gasteiger partial charge in [0.2, 0.25) is 0 Å². The Hall–Kier alpha value is -2.11. The molecule has 6 nitrogen and oxygen atoms in total. The molecule has 2 N–H and O–H groups in total. The van der Waals surface area contributed by atoms with Crippen molar-refractivity contribution in [1.29, 1.82) is 0 Å². The van der Waals surface area contributed by atoms with E-state index in [1.54, 1.807) is 6.20 Å². The van der Waals surface area contributed by atoms with Gasteiger partial charge < -0.3 is 10.6 Å². The summed E-state index contributed by atoms with van der Waals surface area (Å²) in [7, 11) is 1.93. The highest BCUT2D eigenvalue weighted by atomic mass is 15.3. The zero-order valence-corrected chi connectivity index (χ0v) is 11.9. The van der Waals surface area contributed by atoms with Gasteiger partial charge in [0.25, 0.3) is 0 Å². The summed E-state index contributed by atoms with van der Waals surface area (Å²) >= 11 is 0. The number of hydrogen-bond donors (Lipinski definition) is 2. The van der Waals surface area contributed by atoms with E-state index in [0.29, 0.717) is 6.54 Å². The van der Waals surface area contributed by atoms with Crippen LogP contribution in [0.15, 0.2) is 12.3 Å². The molecule has 2 heterocycles. The van der Waals surface area contributed by atoms with Gasteiger partial charge in [0.1, 0.15) is 17.5 Å². The van der Waals surface area contributed by atoms with E-state index in [0.717, 1.165) is 35.3 Å². The van der Waals surface area contributed by atoms with Crippen molar-refractivity contribution in [2.75, 3.05) is 17.2 Å². The molecule has 0 amide bonds. The minimum absolute atomic E-state index is 0.694. The summed E-state index contributed by atoms with van der Waals surface area (Å²) in [6, 6.07) is 1.99. The second-order valence-electron chi connectivity index (χ2n) is 4.42. The topological polar surface area (TPSA) is 67.7 Å². The zero-order valence-electron chi connectivity index (χ0n) is 11.9. The van der Waals surface area contributed by atoms with E-state index in [1.165, 1.54) is 0 Å². The van der Waals surface area contributed by atoms with Crippen molar-refractivity contribution in [2.24, 2.45) is 7.05 Å². The maximum absolute atomic E-state index is 4.45. The van der Waals surface area contributed by atoms with Gasteiger partial charge in [-0.1, -0.05) is 0 Å². The average molecular weight is 260 g/mol. The zero-order chi connectivity index (χ0) is 13.8. The molecule has 0 fully saturated rings. The summed E-state index contributed by atoms with van der Waals surface area (Å²) in [4.78, 5) is 8.86. The van der Waals surface area contributed by atoms with Crippen molar-refractivity contribution >= 4 is 11.6 Å². The van der Waals surface area contributed by atoms with Crippen molar-refractivity contribution in [2.45, 2.75) is 27.3 Å². The molecule has 0 atom stereocenters. The smallest absolute Gasteiger partial charge is 0.135 e. The van der Waals surface area contributed by atoms with Crippen LogP contribution in [0.1, 0.15) is 24.0 Å². The van der Waals surface area contributed by atoms with Crippen molar-refractivity contribution in [3.05, 3.63) is 29.3 Å². The van der Waals surface area contributed by atoms with Gasteiger partial charge in [-0.3, -0.25) is 4.68 Å². The lowest BCUT2D eigenvalue weighted by molar-refractivity contribution is 0.719. The number of nitrogens with zero attached hydrogens (tertiary/aromatic N) is 4. The number of rotatable bonds is 5. The molecule has 19 heavy (non-hydrogen) atoms. The monoisotopic (exact) mass is 260 g/mol. The van der Waals surface area contributed by atoms with Gasteiger partial charge in [0.15, 0.2) is 0 Å². The average Bonchev–Trinajstić information content (AvgIpc) is 2.77. The van der Waals surface area contributed by atoms with Gasteiger partial charge in [-0.25, -0.2) is 9.97 Å². The molecule has 0 radical (unpaired) electrons. The predicted octanol–water partition coefficient (Wildman–Crippen LogP) is 1.87. The maximum atomic E-state index is 4.45. The molecule has 0 spiro atoms. The quantitative estimate of drug-likeness (QED) is 0.859. The first-order valence-electron chi connectivity index (χ1n) is 6.41. The van der Waals surface area contributed by atoms with Crippen LogP contribution in [0, 0.1) is 13.8 Å². The fourth-order valence-electron chi connectivity index (χ4n) is 1.89. The summed E-state index contributed by atoms with van der Waals surface area (Å²) in [5, 5.41) is 10.7. The molecule has 0 unspecified atom stereocenters. The highest BCUT2D eigenvalue weighted by molar-refractivity contribution is 5.57. The van der Waals surface area contributed by atoms with Crippen LogP contribution >= 0.6 is 0 Å². The molecule has 0 aliphatic carbocycles. The summed E-state index contributed by atoms with van der Waals surface area (Å²) in [5.74, 6) is 2.52. The summed E-state index contributed by atoms with van der Waals surface area (Å²) in [5.41, 5.74) is 2.15. The van der Waals surface area contributed by atoms with Crippen molar-refractivity contribution < 1.29 is 0 Å². The third-order valence-corrected chi connectivity index (χ3v) is 2.96. The van der Waals surface area contributed by atoms with Crippen molar-refractivity contribution in [1.82, 2.24) is 19.7 Å². The fraction of sp³-hybridized carbons (Fsp3) is 0.462. The lowest BCUT2D eigenvalue weighted by Gasteiger charge is -2.13. The second-order valence-corrected chi connectivity index (χ2v) is 4.42. The Morgan fingerprint density at radius 1 is 1.16 bits per heavy atom. The Labute approximate surface area is 113 Å². The van der Waals surface area contributed by atoms with Crippen molar-refractivity contribution in [3.8, 4) is 0 Å². The molecule has 0 aliphatic heterocycles. The van der Waals surface area contributed by atoms with Crippen LogP contribution in [-0.2, 0) is 13.6 Å². The lowest BCUT2D eigenvalue weighted by atomic mass is 10.3. The highest BCUT2D eigenvalue weighted by Crippen LogP contribution is 2.20. The van der Waals surface area contributed by atoms with E-state index in [-0.39, 0.29) is 0 Å². The third-order valence-electron chi connectivity index (χ3n) is 2.96. The minimum Gasteiger partial charge on any atom is -0.370 e. The fourth-order valence-corrected chi connectivity index (χ4v) is 1.89. The minimum atomic E-state index is 0.694. The van der Waals surface area contributed by atoms with Gasteiger partial charge in [-0.2, -0.15) is 5.10 Å². The van der Waals surface area contributed by atoms with Gasteiger partial charge in [0, 0.05) is 25.4 Å². The van der Waals surface area contributed by atoms with E-state index in [2.05, 4.69) is 32.6 Å². The maximum Gasteiger partial charge on any atom is 0.135 e. The van der Waals surface area contributed by atoms with Gasteiger partial charge >= 0.3 is 0 Å². The number of aromatic nitrogens is 4. The summed E-state index contributed by atoms with van der Waals surface area (Å²) in [6.45, 7) is 7.51. The Bertz CT molecular complexity index is 560. The first-order valence-corrected chi connectivity index (χ1v) is 6.41. The second kappa shape index (κ2) is 5.69. The largest absolute Gasteiger partial charge is 0.370 e. The van der Waals surface area contributed by atoms with Crippen LogP contribution < -0.4 is 10.6 Å². The standard InChI is InChI=1S/C13H20N6/c1-5-14-12-9(2)13(18-10(3)17-12)15-8-11-6-7-16-19(11)4/h6-7H,5,8H2,1-4H3,(H2,14,15,17,18). The SMILES string of the molecule is CCNc1nc(C)nc(NCc2ccnn2C)c1C. The summed E-state index contributed by atoms with van der Waals surface area (Å²) in [6.07, 6.45) is 1.79. The molecular formula is C13H20N6. The van der Waals surface area contributed by atoms with E-state index in [9.17, 15) is 0 Å². The highest BCUT2D eigenvalue weighted by Gasteiger charge is 2.09. The van der Waals surface area contributed by atoms with Crippen LogP contribution in [0.3, 0.4) is 0 Å². The van der Waals surface area contributed by atoms with E-state index in [4.69, 9.17) is 0 Å². The Morgan fingerprint density at radius 3 is 2.42 bits per heavy atom.